The highest BCUT2D eigenvalue weighted by molar-refractivity contribution is 5.84. The monoisotopic (exact) mass is 374 g/mol. The van der Waals surface area contributed by atoms with Gasteiger partial charge in [0.05, 0.1) is 0 Å². The number of nitrogens with zero attached hydrogens (tertiary/aromatic N) is 3. The third-order valence-corrected chi connectivity index (χ3v) is 4.66. The van der Waals surface area contributed by atoms with Crippen LogP contribution in [0.25, 0.3) is 0 Å². The van der Waals surface area contributed by atoms with Crippen LogP contribution in [0.5, 0.6) is 0 Å². The van der Waals surface area contributed by atoms with Crippen LogP contribution >= 0.6 is 0 Å². The minimum Gasteiger partial charge on any atom is -0.352 e. The van der Waals surface area contributed by atoms with Gasteiger partial charge >= 0.3 is 0 Å². The maximum absolute atomic E-state index is 12.2. The summed E-state index contributed by atoms with van der Waals surface area (Å²) in [5, 5.41) is 2.87. The highest BCUT2D eigenvalue weighted by Crippen LogP contribution is 2.07. The maximum Gasteiger partial charge on any atom is 0.223 e. The van der Waals surface area contributed by atoms with E-state index in [9.17, 15) is 14.4 Å². The van der Waals surface area contributed by atoms with Crippen LogP contribution in [0.1, 0.15) is 30.9 Å². The summed E-state index contributed by atoms with van der Waals surface area (Å²) >= 11 is 0. The molecule has 7 heteroatoms. The number of rotatable bonds is 7. The highest BCUT2D eigenvalue weighted by Gasteiger charge is 2.22. The largest absolute Gasteiger partial charge is 0.352 e. The summed E-state index contributed by atoms with van der Waals surface area (Å²) < 4.78 is 0. The van der Waals surface area contributed by atoms with E-state index in [-0.39, 0.29) is 30.6 Å². The number of amides is 3. The molecule has 1 aliphatic rings. The van der Waals surface area contributed by atoms with Crippen molar-refractivity contribution in [1.29, 1.82) is 0 Å². The average Bonchev–Trinajstić information content (AvgIpc) is 2.65. The molecule has 0 saturated carbocycles. The first-order chi connectivity index (χ1) is 12.8. The number of carbonyl (C=O) groups is 3. The average molecular weight is 374 g/mol. The Balaban J connectivity index is 1.67. The van der Waals surface area contributed by atoms with E-state index < -0.39 is 0 Å². The molecule has 2 rings (SSSR count). The molecule has 0 aromatic heterocycles. The van der Waals surface area contributed by atoms with Gasteiger partial charge in [-0.2, -0.15) is 0 Å². The Labute approximate surface area is 161 Å². The zero-order valence-electron chi connectivity index (χ0n) is 16.5. The van der Waals surface area contributed by atoms with Crippen LogP contribution in [0.4, 0.5) is 0 Å². The zero-order valence-corrected chi connectivity index (χ0v) is 16.5. The highest BCUT2D eigenvalue weighted by atomic mass is 16.2. The smallest absolute Gasteiger partial charge is 0.223 e. The molecule has 0 bridgehead atoms. The molecule has 0 aliphatic carbocycles. The van der Waals surface area contributed by atoms with Gasteiger partial charge in [0.1, 0.15) is 0 Å². The summed E-state index contributed by atoms with van der Waals surface area (Å²) in [6, 6.07) is 8.15. The van der Waals surface area contributed by atoms with Crippen LogP contribution in [-0.2, 0) is 27.5 Å². The molecule has 1 heterocycles. The molecular formula is C20H30N4O3. The van der Waals surface area contributed by atoms with Gasteiger partial charge in [0.15, 0.2) is 0 Å². The van der Waals surface area contributed by atoms with Crippen LogP contribution in [0.2, 0.25) is 0 Å². The maximum atomic E-state index is 12.2. The summed E-state index contributed by atoms with van der Waals surface area (Å²) in [5.41, 5.74) is 2.27. The molecule has 1 fully saturated rings. The van der Waals surface area contributed by atoms with Crippen molar-refractivity contribution in [3.8, 4) is 0 Å². The summed E-state index contributed by atoms with van der Waals surface area (Å²) in [5.74, 6) is -0.110. The van der Waals surface area contributed by atoms with Crippen LogP contribution < -0.4 is 5.32 Å². The Morgan fingerprint density at radius 3 is 2.04 bits per heavy atom. The van der Waals surface area contributed by atoms with E-state index in [4.69, 9.17) is 0 Å². The molecule has 0 atom stereocenters. The topological polar surface area (TPSA) is 73.0 Å². The first-order valence-corrected chi connectivity index (χ1v) is 9.37. The number of hydrogen-bond acceptors (Lipinski definition) is 4. The number of benzene rings is 1. The lowest BCUT2D eigenvalue weighted by Gasteiger charge is -2.34. The summed E-state index contributed by atoms with van der Waals surface area (Å²) in [6.45, 7) is 5.10. The predicted molar refractivity (Wildman–Crippen MR) is 104 cm³/mol. The SMILES string of the molecule is CC(=O)N1CCN(C(=O)CCC(=O)NCc2ccc(CN(C)C)cc2)CC1. The van der Waals surface area contributed by atoms with Crippen LogP contribution in [0.15, 0.2) is 24.3 Å². The molecule has 0 radical (unpaired) electrons. The van der Waals surface area contributed by atoms with Gasteiger partial charge in [0.2, 0.25) is 17.7 Å². The van der Waals surface area contributed by atoms with Gasteiger partial charge in [-0.25, -0.2) is 0 Å². The van der Waals surface area contributed by atoms with Crippen molar-refractivity contribution < 1.29 is 14.4 Å². The van der Waals surface area contributed by atoms with Crippen molar-refractivity contribution in [3.63, 3.8) is 0 Å². The normalized spacial score (nSPS) is 14.4. The number of carbonyl (C=O) groups excluding carboxylic acids is 3. The Hall–Kier alpha value is -2.41. The molecule has 0 unspecified atom stereocenters. The molecule has 1 aromatic carbocycles. The standard InChI is InChI=1S/C20H30N4O3/c1-16(25)23-10-12-24(13-11-23)20(27)9-8-19(26)21-14-17-4-6-18(7-5-17)15-22(2)3/h4-7H,8-15H2,1-3H3,(H,21,26). The first-order valence-electron chi connectivity index (χ1n) is 9.37. The van der Waals surface area contributed by atoms with E-state index in [1.54, 1.807) is 9.80 Å². The molecule has 1 N–H and O–H groups in total. The van der Waals surface area contributed by atoms with Crippen molar-refractivity contribution in [3.05, 3.63) is 35.4 Å². The second-order valence-electron chi connectivity index (χ2n) is 7.22. The van der Waals surface area contributed by atoms with Gasteiger partial charge in [-0.15, -0.1) is 0 Å². The summed E-state index contributed by atoms with van der Waals surface area (Å²) in [4.78, 5) is 41.1. The van der Waals surface area contributed by atoms with Gasteiger partial charge in [-0.1, -0.05) is 24.3 Å². The van der Waals surface area contributed by atoms with Crippen molar-refractivity contribution in [1.82, 2.24) is 20.0 Å². The van der Waals surface area contributed by atoms with E-state index in [0.717, 1.165) is 12.1 Å². The van der Waals surface area contributed by atoms with Crippen LogP contribution in [0, 0.1) is 0 Å². The van der Waals surface area contributed by atoms with Crippen molar-refractivity contribution >= 4 is 17.7 Å². The van der Waals surface area contributed by atoms with Gasteiger partial charge in [0, 0.05) is 59.0 Å². The number of nitrogens with one attached hydrogen (secondary N) is 1. The fourth-order valence-electron chi connectivity index (χ4n) is 3.07. The van der Waals surface area contributed by atoms with Crippen LogP contribution in [-0.4, -0.2) is 72.7 Å². The van der Waals surface area contributed by atoms with E-state index in [1.807, 2.05) is 26.2 Å². The van der Waals surface area contributed by atoms with E-state index in [0.29, 0.717) is 32.7 Å². The van der Waals surface area contributed by atoms with Crippen molar-refractivity contribution in [2.75, 3.05) is 40.3 Å². The quantitative estimate of drug-likeness (QED) is 0.768. The van der Waals surface area contributed by atoms with Gasteiger partial charge in [0.25, 0.3) is 0 Å². The summed E-state index contributed by atoms with van der Waals surface area (Å²) in [7, 11) is 4.05. The van der Waals surface area contributed by atoms with Crippen LogP contribution in [0.3, 0.4) is 0 Å². The third-order valence-electron chi connectivity index (χ3n) is 4.66. The lowest BCUT2D eigenvalue weighted by Crippen LogP contribution is -2.50. The Bertz CT molecular complexity index is 650. The van der Waals surface area contributed by atoms with Crippen molar-refractivity contribution in [2.24, 2.45) is 0 Å². The van der Waals surface area contributed by atoms with Gasteiger partial charge in [-0.05, 0) is 25.2 Å². The van der Waals surface area contributed by atoms with E-state index >= 15 is 0 Å². The third kappa shape index (κ3) is 7.02. The Morgan fingerprint density at radius 2 is 1.48 bits per heavy atom. The molecule has 1 aliphatic heterocycles. The second-order valence-corrected chi connectivity index (χ2v) is 7.22. The first kappa shape index (κ1) is 20.9. The molecule has 1 saturated heterocycles. The zero-order chi connectivity index (χ0) is 19.8. The number of piperazine rings is 1. The van der Waals surface area contributed by atoms with Crippen molar-refractivity contribution in [2.45, 2.75) is 32.9 Å². The summed E-state index contributed by atoms with van der Waals surface area (Å²) in [6.07, 6.45) is 0.387. The number of hydrogen-bond donors (Lipinski definition) is 1. The lowest BCUT2D eigenvalue weighted by atomic mass is 10.1. The van der Waals surface area contributed by atoms with E-state index in [1.165, 1.54) is 12.5 Å². The van der Waals surface area contributed by atoms with Gasteiger partial charge in [-0.3, -0.25) is 14.4 Å². The second kappa shape index (κ2) is 10.1. The molecule has 27 heavy (non-hydrogen) atoms. The molecule has 0 spiro atoms. The van der Waals surface area contributed by atoms with Gasteiger partial charge < -0.3 is 20.0 Å². The Morgan fingerprint density at radius 1 is 0.926 bits per heavy atom. The lowest BCUT2D eigenvalue weighted by molar-refractivity contribution is -0.139. The fraction of sp³-hybridized carbons (Fsp3) is 0.550. The Kier molecular flexibility index (Phi) is 7.79. The molecule has 3 amide bonds. The minimum absolute atomic E-state index is 0.0265. The van der Waals surface area contributed by atoms with E-state index in [2.05, 4.69) is 22.3 Å². The molecule has 7 nitrogen and oxygen atoms in total. The fourth-order valence-corrected chi connectivity index (χ4v) is 3.07. The molecule has 1 aromatic rings. The molecular weight excluding hydrogens is 344 g/mol. The predicted octanol–water partition coefficient (Wildman–Crippen LogP) is 0.835. The molecule has 148 valence electrons. The minimum atomic E-state index is -0.122.